The molecular formula is C8H18Cl2N2O. The summed E-state index contributed by atoms with van der Waals surface area (Å²) < 4.78 is 0. The number of hydrogen-bond acceptors (Lipinski definition) is 3. The van der Waals surface area contributed by atoms with Crippen LogP contribution in [0.1, 0.15) is 12.8 Å². The van der Waals surface area contributed by atoms with Crippen molar-refractivity contribution < 1.29 is 5.11 Å². The lowest BCUT2D eigenvalue weighted by molar-refractivity contribution is 0.0985. The molecule has 5 heteroatoms. The molecule has 2 N–H and O–H groups in total. The number of aliphatic hydroxyl groups excluding tert-OH is 1. The van der Waals surface area contributed by atoms with Gasteiger partial charge in [0.15, 0.2) is 0 Å². The van der Waals surface area contributed by atoms with Crippen molar-refractivity contribution in [1.82, 2.24) is 10.2 Å². The molecule has 0 bridgehead atoms. The van der Waals surface area contributed by atoms with Crippen molar-refractivity contribution in [1.29, 1.82) is 0 Å². The molecule has 2 heterocycles. The van der Waals surface area contributed by atoms with E-state index in [1.54, 1.807) is 0 Å². The Bertz CT molecular complexity index is 142. The van der Waals surface area contributed by atoms with Gasteiger partial charge in [-0.1, -0.05) is 0 Å². The van der Waals surface area contributed by atoms with Crippen molar-refractivity contribution >= 4 is 24.8 Å². The molecule has 2 aliphatic heterocycles. The standard InChI is InChI=1S/C8H16N2O.2ClH/c11-8-6-9-5-7(8)10-3-1-2-4-10;;/h7-9,11H,1-6H2;2*1H/t7-,8-;;/m1../s1. The Labute approximate surface area is 91.7 Å². The number of nitrogens with one attached hydrogen (secondary N) is 1. The van der Waals surface area contributed by atoms with Gasteiger partial charge in [0.2, 0.25) is 0 Å². The number of aliphatic hydroxyl groups is 1. The monoisotopic (exact) mass is 228 g/mol. The van der Waals surface area contributed by atoms with Gasteiger partial charge in [0.25, 0.3) is 0 Å². The number of β-amino-alcohol motifs (C(OH)–C–C–N with tert-alkyl or cyclic N) is 1. The average Bonchev–Trinajstić information content (AvgIpc) is 2.55. The maximum atomic E-state index is 9.55. The van der Waals surface area contributed by atoms with Crippen LogP contribution in [0.2, 0.25) is 0 Å². The van der Waals surface area contributed by atoms with E-state index in [-0.39, 0.29) is 30.9 Å². The van der Waals surface area contributed by atoms with Gasteiger partial charge in [-0.15, -0.1) is 24.8 Å². The Hall–Kier alpha value is 0.460. The van der Waals surface area contributed by atoms with Crippen LogP contribution in [0.4, 0.5) is 0 Å². The fourth-order valence-corrected chi connectivity index (χ4v) is 2.10. The lowest BCUT2D eigenvalue weighted by atomic mass is 10.2. The molecule has 0 radical (unpaired) electrons. The van der Waals surface area contributed by atoms with Gasteiger partial charge in [-0.2, -0.15) is 0 Å². The van der Waals surface area contributed by atoms with Crippen LogP contribution in [0.5, 0.6) is 0 Å². The number of nitrogens with zero attached hydrogens (tertiary/aromatic N) is 1. The van der Waals surface area contributed by atoms with Crippen molar-refractivity contribution in [2.75, 3.05) is 26.2 Å². The second kappa shape index (κ2) is 6.04. The van der Waals surface area contributed by atoms with Gasteiger partial charge < -0.3 is 10.4 Å². The van der Waals surface area contributed by atoms with Gasteiger partial charge in [-0.3, -0.25) is 4.90 Å². The van der Waals surface area contributed by atoms with E-state index in [9.17, 15) is 5.11 Å². The number of rotatable bonds is 1. The maximum absolute atomic E-state index is 9.55. The molecule has 0 aromatic carbocycles. The van der Waals surface area contributed by atoms with E-state index >= 15 is 0 Å². The summed E-state index contributed by atoms with van der Waals surface area (Å²) in [6.45, 7) is 4.12. The highest BCUT2D eigenvalue weighted by Gasteiger charge is 2.31. The first-order chi connectivity index (χ1) is 5.38. The summed E-state index contributed by atoms with van der Waals surface area (Å²) in [4.78, 5) is 2.41. The van der Waals surface area contributed by atoms with Crippen LogP contribution in [-0.2, 0) is 0 Å². The third-order valence-electron chi connectivity index (χ3n) is 2.76. The summed E-state index contributed by atoms with van der Waals surface area (Å²) in [7, 11) is 0. The van der Waals surface area contributed by atoms with E-state index in [1.807, 2.05) is 0 Å². The van der Waals surface area contributed by atoms with E-state index < -0.39 is 0 Å². The second-order valence-electron chi connectivity index (χ2n) is 3.54. The van der Waals surface area contributed by atoms with E-state index in [0.29, 0.717) is 6.04 Å². The van der Waals surface area contributed by atoms with Gasteiger partial charge in [-0.25, -0.2) is 0 Å². The summed E-state index contributed by atoms with van der Waals surface area (Å²) in [5, 5.41) is 12.8. The molecule has 0 aromatic heterocycles. The Morgan fingerprint density at radius 3 is 2.15 bits per heavy atom. The highest BCUT2D eigenvalue weighted by atomic mass is 35.5. The molecule has 80 valence electrons. The molecule has 2 saturated heterocycles. The SMILES string of the molecule is Cl.Cl.O[C@@H]1CNC[C@H]1N1CCCC1. The lowest BCUT2D eigenvalue weighted by Gasteiger charge is -2.24. The molecule has 0 aliphatic carbocycles. The van der Waals surface area contributed by atoms with Crippen LogP contribution in [0.3, 0.4) is 0 Å². The molecule has 13 heavy (non-hydrogen) atoms. The number of likely N-dealkylation sites (tertiary alicyclic amines) is 1. The van der Waals surface area contributed by atoms with Crippen molar-refractivity contribution in [2.24, 2.45) is 0 Å². The Balaban J connectivity index is 0.000000720. The zero-order chi connectivity index (χ0) is 7.68. The minimum absolute atomic E-state index is 0. The molecule has 0 saturated carbocycles. The summed E-state index contributed by atoms with van der Waals surface area (Å²) in [6.07, 6.45) is 2.49. The minimum Gasteiger partial charge on any atom is -0.390 e. The smallest absolute Gasteiger partial charge is 0.0831 e. The third kappa shape index (κ3) is 2.96. The molecule has 3 nitrogen and oxygen atoms in total. The predicted molar refractivity (Wildman–Crippen MR) is 58.0 cm³/mol. The summed E-state index contributed by atoms with van der Waals surface area (Å²) in [6, 6.07) is 0.400. The van der Waals surface area contributed by atoms with Gasteiger partial charge in [0.05, 0.1) is 6.10 Å². The van der Waals surface area contributed by atoms with E-state index in [1.165, 1.54) is 25.9 Å². The molecular weight excluding hydrogens is 211 g/mol. The zero-order valence-electron chi connectivity index (χ0n) is 7.61. The van der Waals surface area contributed by atoms with Crippen LogP contribution in [-0.4, -0.2) is 48.3 Å². The van der Waals surface area contributed by atoms with Gasteiger partial charge in [0, 0.05) is 19.1 Å². The Morgan fingerprint density at radius 2 is 1.69 bits per heavy atom. The third-order valence-corrected chi connectivity index (χ3v) is 2.76. The van der Waals surface area contributed by atoms with Crippen LogP contribution in [0.15, 0.2) is 0 Å². The summed E-state index contributed by atoms with van der Waals surface area (Å²) in [5.41, 5.74) is 0. The molecule has 0 aromatic rings. The lowest BCUT2D eigenvalue weighted by Crippen LogP contribution is -2.41. The summed E-state index contributed by atoms with van der Waals surface area (Å²) >= 11 is 0. The Kier molecular flexibility index (Phi) is 6.25. The molecule has 2 rings (SSSR count). The van der Waals surface area contributed by atoms with E-state index in [4.69, 9.17) is 0 Å². The van der Waals surface area contributed by atoms with Crippen LogP contribution in [0.25, 0.3) is 0 Å². The largest absolute Gasteiger partial charge is 0.390 e. The van der Waals surface area contributed by atoms with Gasteiger partial charge in [-0.05, 0) is 25.9 Å². The molecule has 2 atom stereocenters. The first-order valence-electron chi connectivity index (χ1n) is 4.51. The highest BCUT2D eigenvalue weighted by molar-refractivity contribution is 5.85. The van der Waals surface area contributed by atoms with Crippen molar-refractivity contribution in [3.05, 3.63) is 0 Å². The van der Waals surface area contributed by atoms with Crippen LogP contribution < -0.4 is 5.32 Å². The van der Waals surface area contributed by atoms with Crippen molar-refractivity contribution in [3.8, 4) is 0 Å². The second-order valence-corrected chi connectivity index (χ2v) is 3.54. The van der Waals surface area contributed by atoms with Crippen molar-refractivity contribution in [3.63, 3.8) is 0 Å². The summed E-state index contributed by atoms with van der Waals surface area (Å²) in [5.74, 6) is 0. The topological polar surface area (TPSA) is 35.5 Å². The fraction of sp³-hybridized carbons (Fsp3) is 1.00. The molecule has 0 spiro atoms. The quantitative estimate of drug-likeness (QED) is 0.677. The molecule has 2 aliphatic rings. The molecule has 2 fully saturated rings. The average molecular weight is 229 g/mol. The molecule has 0 amide bonds. The Morgan fingerprint density at radius 1 is 1.08 bits per heavy atom. The number of halogens is 2. The maximum Gasteiger partial charge on any atom is 0.0831 e. The first kappa shape index (κ1) is 13.5. The number of hydrogen-bond donors (Lipinski definition) is 2. The first-order valence-corrected chi connectivity index (χ1v) is 4.51. The normalized spacial score (nSPS) is 33.9. The van der Waals surface area contributed by atoms with Gasteiger partial charge >= 0.3 is 0 Å². The highest BCUT2D eigenvalue weighted by Crippen LogP contribution is 2.16. The van der Waals surface area contributed by atoms with Crippen LogP contribution >= 0.6 is 24.8 Å². The van der Waals surface area contributed by atoms with Gasteiger partial charge in [0.1, 0.15) is 0 Å². The molecule has 0 unspecified atom stereocenters. The zero-order valence-corrected chi connectivity index (χ0v) is 9.24. The predicted octanol–water partition coefficient (Wildman–Crippen LogP) is 0.258. The minimum atomic E-state index is -0.131. The van der Waals surface area contributed by atoms with E-state index in [0.717, 1.165) is 13.1 Å². The van der Waals surface area contributed by atoms with E-state index in [2.05, 4.69) is 10.2 Å². The van der Waals surface area contributed by atoms with Crippen molar-refractivity contribution in [2.45, 2.75) is 25.0 Å². The fourth-order valence-electron chi connectivity index (χ4n) is 2.10. The van der Waals surface area contributed by atoms with Crippen LogP contribution in [0, 0.1) is 0 Å².